The minimum Gasteiger partial charge on any atom is -0.305 e. The molecule has 0 bridgehead atoms. The molecular formula is C14H19N3O2S2. The van der Waals surface area contributed by atoms with Crippen molar-refractivity contribution in [2.45, 2.75) is 38.3 Å². The first-order chi connectivity index (χ1) is 9.77. The molecule has 0 aliphatic rings. The van der Waals surface area contributed by atoms with Gasteiger partial charge in [0.2, 0.25) is 10.0 Å². The zero-order chi connectivity index (χ0) is 15.6. The van der Waals surface area contributed by atoms with E-state index in [-0.39, 0.29) is 10.9 Å². The number of aromatic nitrogens is 1. The number of benzene rings is 1. The average molecular weight is 325 g/mol. The Morgan fingerprint density at radius 1 is 1.29 bits per heavy atom. The van der Waals surface area contributed by atoms with E-state index in [4.69, 9.17) is 5.14 Å². The molecule has 114 valence electrons. The van der Waals surface area contributed by atoms with E-state index >= 15 is 0 Å². The van der Waals surface area contributed by atoms with Crippen LogP contribution in [0.15, 0.2) is 29.2 Å². The Bertz CT molecular complexity index is 721. The number of rotatable bonds is 5. The van der Waals surface area contributed by atoms with Gasteiger partial charge < -0.3 is 5.32 Å². The Hall–Kier alpha value is -1.28. The molecule has 5 nitrogen and oxygen atoms in total. The van der Waals surface area contributed by atoms with Crippen LogP contribution in [0.3, 0.4) is 0 Å². The van der Waals surface area contributed by atoms with Crippen molar-refractivity contribution in [3.63, 3.8) is 0 Å². The zero-order valence-corrected chi connectivity index (χ0v) is 13.9. The number of hydrogen-bond donors (Lipinski definition) is 2. The van der Waals surface area contributed by atoms with Gasteiger partial charge in [0.1, 0.15) is 0 Å². The largest absolute Gasteiger partial charge is 0.305 e. The van der Waals surface area contributed by atoms with Crippen LogP contribution in [-0.2, 0) is 16.6 Å². The summed E-state index contributed by atoms with van der Waals surface area (Å²) in [6.45, 7) is 6.79. The number of nitrogens with one attached hydrogen (secondary N) is 1. The van der Waals surface area contributed by atoms with Crippen molar-refractivity contribution in [3.05, 3.63) is 45.4 Å². The van der Waals surface area contributed by atoms with Crippen LogP contribution < -0.4 is 10.5 Å². The van der Waals surface area contributed by atoms with E-state index in [1.807, 2.05) is 20.8 Å². The van der Waals surface area contributed by atoms with Gasteiger partial charge in [-0.3, -0.25) is 0 Å². The van der Waals surface area contributed by atoms with Crippen LogP contribution in [0.5, 0.6) is 0 Å². The molecule has 0 amide bonds. The summed E-state index contributed by atoms with van der Waals surface area (Å²) < 4.78 is 22.4. The van der Waals surface area contributed by atoms with Crippen molar-refractivity contribution in [1.29, 1.82) is 0 Å². The molecule has 1 aromatic heterocycles. The highest BCUT2D eigenvalue weighted by atomic mass is 32.2. The lowest BCUT2D eigenvalue weighted by Gasteiger charge is -2.14. The number of sulfonamides is 1. The van der Waals surface area contributed by atoms with Crippen LogP contribution in [0, 0.1) is 13.8 Å². The number of nitrogens with zero attached hydrogens (tertiary/aromatic N) is 1. The van der Waals surface area contributed by atoms with Crippen molar-refractivity contribution in [2.75, 3.05) is 0 Å². The summed E-state index contributed by atoms with van der Waals surface area (Å²) >= 11 is 1.69. The molecule has 0 saturated heterocycles. The van der Waals surface area contributed by atoms with E-state index in [9.17, 15) is 8.42 Å². The summed E-state index contributed by atoms with van der Waals surface area (Å²) in [5.74, 6) is 0. The molecule has 21 heavy (non-hydrogen) atoms. The van der Waals surface area contributed by atoms with E-state index in [1.54, 1.807) is 23.5 Å². The van der Waals surface area contributed by atoms with E-state index in [0.717, 1.165) is 22.8 Å². The number of nitrogens with two attached hydrogens (primary N) is 1. The maximum absolute atomic E-state index is 11.2. The molecule has 7 heteroatoms. The summed E-state index contributed by atoms with van der Waals surface area (Å²) in [7, 11) is -3.63. The Morgan fingerprint density at radius 3 is 2.38 bits per heavy atom. The molecule has 0 saturated carbocycles. The third-order valence-corrected chi connectivity index (χ3v) is 5.28. The third kappa shape index (κ3) is 4.10. The molecule has 3 N–H and O–H groups in total. The first kappa shape index (κ1) is 16.1. The quantitative estimate of drug-likeness (QED) is 0.883. The highest BCUT2D eigenvalue weighted by Crippen LogP contribution is 2.20. The molecule has 2 aromatic rings. The molecule has 2 rings (SSSR count). The summed E-state index contributed by atoms with van der Waals surface area (Å²) in [5.41, 5.74) is 2.07. The maximum Gasteiger partial charge on any atom is 0.238 e. The monoisotopic (exact) mass is 325 g/mol. The lowest BCUT2D eigenvalue weighted by atomic mass is 10.1. The van der Waals surface area contributed by atoms with E-state index in [0.29, 0.717) is 0 Å². The fourth-order valence-electron chi connectivity index (χ4n) is 2.05. The molecule has 0 spiro atoms. The minimum atomic E-state index is -3.63. The molecular weight excluding hydrogens is 306 g/mol. The van der Waals surface area contributed by atoms with Gasteiger partial charge in [-0.2, -0.15) is 0 Å². The van der Waals surface area contributed by atoms with Crippen molar-refractivity contribution in [3.8, 4) is 0 Å². The highest BCUT2D eigenvalue weighted by Gasteiger charge is 2.11. The van der Waals surface area contributed by atoms with Gasteiger partial charge >= 0.3 is 0 Å². The number of primary sulfonamides is 1. The second kappa shape index (κ2) is 6.23. The van der Waals surface area contributed by atoms with Gasteiger partial charge in [-0.05, 0) is 38.5 Å². The highest BCUT2D eigenvalue weighted by molar-refractivity contribution is 7.89. The SMILES string of the molecule is Cc1nc(C)c(CNC(C)c2ccc(S(N)(=O)=O)cc2)s1. The molecule has 1 heterocycles. The van der Waals surface area contributed by atoms with Gasteiger partial charge in [-0.25, -0.2) is 18.5 Å². The van der Waals surface area contributed by atoms with Gasteiger partial charge in [0, 0.05) is 17.5 Å². The number of aryl methyl sites for hydroxylation is 2. The van der Waals surface area contributed by atoms with Crippen LogP contribution in [0.2, 0.25) is 0 Å². The fourth-order valence-corrected chi connectivity index (χ4v) is 3.45. The smallest absolute Gasteiger partial charge is 0.238 e. The number of thiazole rings is 1. The second-order valence-corrected chi connectivity index (χ2v) is 7.81. The van der Waals surface area contributed by atoms with Gasteiger partial charge in [0.15, 0.2) is 0 Å². The lowest BCUT2D eigenvalue weighted by molar-refractivity contribution is 0.576. The van der Waals surface area contributed by atoms with Crippen LogP contribution in [0.25, 0.3) is 0 Å². The van der Waals surface area contributed by atoms with Crippen LogP contribution >= 0.6 is 11.3 Å². The Balaban J connectivity index is 2.03. The molecule has 0 fully saturated rings. The summed E-state index contributed by atoms with van der Waals surface area (Å²) in [4.78, 5) is 5.75. The van der Waals surface area contributed by atoms with Crippen molar-refractivity contribution < 1.29 is 8.42 Å². The van der Waals surface area contributed by atoms with E-state index in [2.05, 4.69) is 10.3 Å². The summed E-state index contributed by atoms with van der Waals surface area (Å²) in [6.07, 6.45) is 0. The molecule has 1 aromatic carbocycles. The topological polar surface area (TPSA) is 85.1 Å². The molecule has 1 unspecified atom stereocenters. The first-order valence-electron chi connectivity index (χ1n) is 6.56. The third-order valence-electron chi connectivity index (χ3n) is 3.28. The van der Waals surface area contributed by atoms with E-state index in [1.165, 1.54) is 17.0 Å². The van der Waals surface area contributed by atoms with Crippen LogP contribution in [0.1, 0.15) is 34.1 Å². The zero-order valence-electron chi connectivity index (χ0n) is 12.3. The predicted molar refractivity (Wildman–Crippen MR) is 84.7 cm³/mol. The first-order valence-corrected chi connectivity index (χ1v) is 8.92. The lowest BCUT2D eigenvalue weighted by Crippen LogP contribution is -2.18. The molecule has 0 aliphatic carbocycles. The maximum atomic E-state index is 11.2. The second-order valence-electron chi connectivity index (χ2n) is 4.96. The Morgan fingerprint density at radius 2 is 1.90 bits per heavy atom. The van der Waals surface area contributed by atoms with Crippen molar-refractivity contribution >= 4 is 21.4 Å². The van der Waals surface area contributed by atoms with Gasteiger partial charge in [0.25, 0.3) is 0 Å². The standard InChI is InChI=1S/C14H19N3O2S2/c1-9(16-8-14-10(2)17-11(3)20-14)12-4-6-13(7-5-12)21(15,18)19/h4-7,9,16H,8H2,1-3H3,(H2,15,18,19). The minimum absolute atomic E-state index is 0.112. The van der Waals surface area contributed by atoms with Gasteiger partial charge in [-0.15, -0.1) is 11.3 Å². The van der Waals surface area contributed by atoms with Crippen molar-refractivity contribution in [1.82, 2.24) is 10.3 Å². The predicted octanol–water partition coefficient (Wildman–Crippen LogP) is 2.26. The number of hydrogen-bond acceptors (Lipinski definition) is 5. The molecule has 0 aliphatic heterocycles. The van der Waals surface area contributed by atoms with Gasteiger partial charge in [-0.1, -0.05) is 12.1 Å². The Labute approximate surface area is 129 Å². The normalized spacial score (nSPS) is 13.3. The fraction of sp³-hybridized carbons (Fsp3) is 0.357. The molecule has 0 radical (unpaired) electrons. The molecule has 1 atom stereocenters. The average Bonchev–Trinajstić information content (AvgIpc) is 2.73. The van der Waals surface area contributed by atoms with Gasteiger partial charge in [0.05, 0.1) is 15.6 Å². The Kier molecular flexibility index (Phi) is 4.77. The summed E-state index contributed by atoms with van der Waals surface area (Å²) in [5, 5.41) is 9.57. The van der Waals surface area contributed by atoms with Crippen LogP contribution in [-0.4, -0.2) is 13.4 Å². The van der Waals surface area contributed by atoms with Crippen LogP contribution in [0.4, 0.5) is 0 Å². The van der Waals surface area contributed by atoms with Crippen molar-refractivity contribution in [2.24, 2.45) is 5.14 Å². The van der Waals surface area contributed by atoms with E-state index < -0.39 is 10.0 Å². The summed E-state index contributed by atoms with van der Waals surface area (Å²) in [6, 6.07) is 6.74.